The molecule has 5 aromatic rings. The van der Waals surface area contributed by atoms with Gasteiger partial charge in [0.1, 0.15) is 6.04 Å². The van der Waals surface area contributed by atoms with Crippen molar-refractivity contribution < 1.29 is 37.3 Å². The van der Waals surface area contributed by atoms with Crippen molar-refractivity contribution in [2.75, 3.05) is 32.6 Å². The Morgan fingerprint density at radius 3 is 2.18 bits per heavy atom. The smallest absolute Gasteiger partial charge is 0.242 e. The van der Waals surface area contributed by atoms with Crippen LogP contribution >= 0.6 is 0 Å². The molecule has 7 rings (SSSR count). The zero-order valence-corrected chi connectivity index (χ0v) is 33.2. The Bertz CT molecular complexity index is 2230. The van der Waals surface area contributed by atoms with Crippen LogP contribution in [-0.2, 0) is 50.3 Å². The number of nitrogens with zero attached hydrogens (tertiary/aromatic N) is 1. The predicted molar refractivity (Wildman–Crippen MR) is 217 cm³/mol. The van der Waals surface area contributed by atoms with E-state index in [1.807, 2.05) is 73.7 Å². The summed E-state index contributed by atoms with van der Waals surface area (Å²) in [6.45, 7) is 4.14. The topological polar surface area (TPSA) is 136 Å². The van der Waals surface area contributed by atoms with Crippen molar-refractivity contribution >= 4 is 21.6 Å². The lowest BCUT2D eigenvalue weighted by Crippen LogP contribution is -2.45. The molecule has 5 aromatic carbocycles. The number of aliphatic hydroxyl groups is 1. The van der Waals surface area contributed by atoms with Gasteiger partial charge in [-0.15, -0.1) is 0 Å². The normalized spacial score (nSPS) is 19.0. The van der Waals surface area contributed by atoms with E-state index in [2.05, 4.69) is 27.1 Å². The lowest BCUT2D eigenvalue weighted by atomic mass is 9.97. The Morgan fingerprint density at radius 1 is 0.842 bits per heavy atom. The van der Waals surface area contributed by atoms with Crippen LogP contribution in [0.3, 0.4) is 0 Å². The molecule has 0 spiro atoms. The monoisotopic (exact) mass is 791 g/mol. The molecule has 0 aliphatic carbocycles. The van der Waals surface area contributed by atoms with Crippen molar-refractivity contribution in [2.45, 2.75) is 68.8 Å². The molecular weight excluding hydrogens is 743 g/mol. The van der Waals surface area contributed by atoms with Crippen molar-refractivity contribution in [3.63, 3.8) is 0 Å². The quantitative estimate of drug-likeness (QED) is 0.113. The molecule has 3 N–H and O–H groups in total. The molecule has 1 fully saturated rings. The molecule has 2 aliphatic rings. The maximum Gasteiger partial charge on any atom is 0.242 e. The number of anilines is 1. The van der Waals surface area contributed by atoms with E-state index in [0.717, 1.165) is 53.1 Å². The van der Waals surface area contributed by atoms with Gasteiger partial charge in [-0.3, -0.25) is 9.69 Å². The summed E-state index contributed by atoms with van der Waals surface area (Å²) < 4.78 is 53.8. The number of benzene rings is 5. The van der Waals surface area contributed by atoms with Crippen LogP contribution in [0.1, 0.15) is 57.8 Å². The zero-order valence-electron chi connectivity index (χ0n) is 32.4. The van der Waals surface area contributed by atoms with Crippen molar-refractivity contribution in [1.29, 1.82) is 0 Å². The molecule has 298 valence electrons. The van der Waals surface area contributed by atoms with Crippen LogP contribution in [0.5, 0.6) is 11.5 Å². The number of carbonyl (C=O) groups is 1. The number of nitrogens with one attached hydrogen (secondary N) is 2. The first kappa shape index (κ1) is 40.1. The molecule has 1 amide bonds. The Kier molecular flexibility index (Phi) is 12.7. The molecular formula is C45H49N3O8S. The molecule has 0 aromatic heterocycles. The second kappa shape index (κ2) is 18.0. The van der Waals surface area contributed by atoms with Gasteiger partial charge in [0.2, 0.25) is 15.9 Å². The molecule has 2 heterocycles. The average Bonchev–Trinajstić information content (AvgIpc) is 3.23. The fourth-order valence-electron chi connectivity index (χ4n) is 7.38. The van der Waals surface area contributed by atoms with Gasteiger partial charge in [0.15, 0.2) is 17.8 Å². The molecule has 2 aliphatic heterocycles. The molecule has 11 nitrogen and oxygen atoms in total. The highest BCUT2D eigenvalue weighted by molar-refractivity contribution is 7.89. The molecule has 0 unspecified atom stereocenters. The summed E-state index contributed by atoms with van der Waals surface area (Å²) in [5, 5.41) is 12.6. The minimum absolute atomic E-state index is 0.0399. The lowest BCUT2D eigenvalue weighted by molar-refractivity contribution is -0.253. The van der Waals surface area contributed by atoms with Crippen LogP contribution in [0.15, 0.2) is 120 Å². The van der Waals surface area contributed by atoms with Crippen LogP contribution < -0.4 is 19.5 Å². The molecule has 57 heavy (non-hydrogen) atoms. The highest BCUT2D eigenvalue weighted by atomic mass is 32.2. The Balaban J connectivity index is 1.07. The Labute approximate surface area is 334 Å². The highest BCUT2D eigenvalue weighted by Gasteiger charge is 2.34. The number of ether oxygens (including phenoxy) is 4. The summed E-state index contributed by atoms with van der Waals surface area (Å²) in [5.74, 6) is 0.954. The van der Waals surface area contributed by atoms with E-state index in [-0.39, 0.29) is 30.1 Å². The maximum absolute atomic E-state index is 13.8. The van der Waals surface area contributed by atoms with E-state index in [9.17, 15) is 18.3 Å². The minimum Gasteiger partial charge on any atom is -0.493 e. The van der Waals surface area contributed by atoms with Crippen LogP contribution in [0, 0.1) is 6.92 Å². The molecule has 12 heteroatoms. The minimum atomic E-state index is -3.99. The zero-order chi connectivity index (χ0) is 39.9. The third kappa shape index (κ3) is 9.90. The number of amides is 1. The molecule has 0 radical (unpaired) electrons. The fraction of sp³-hybridized carbons (Fsp3) is 0.311. The summed E-state index contributed by atoms with van der Waals surface area (Å²) in [6.07, 6.45) is 0.562. The van der Waals surface area contributed by atoms with E-state index in [1.165, 1.54) is 23.3 Å². The van der Waals surface area contributed by atoms with Gasteiger partial charge in [0.05, 0.1) is 37.9 Å². The first-order chi connectivity index (χ1) is 27.6. The average molecular weight is 792 g/mol. The van der Waals surface area contributed by atoms with Crippen LogP contribution in [0.4, 0.5) is 5.69 Å². The van der Waals surface area contributed by atoms with Gasteiger partial charge in [0, 0.05) is 37.3 Å². The van der Waals surface area contributed by atoms with E-state index in [1.54, 1.807) is 38.5 Å². The van der Waals surface area contributed by atoms with Gasteiger partial charge in [-0.05, 0) is 84.0 Å². The summed E-state index contributed by atoms with van der Waals surface area (Å²) in [5.41, 5.74) is 7.28. The van der Waals surface area contributed by atoms with Gasteiger partial charge in [-0.25, -0.2) is 8.42 Å². The Hall–Kier alpha value is -5.08. The third-order valence-corrected chi connectivity index (χ3v) is 12.0. The van der Waals surface area contributed by atoms with E-state index in [4.69, 9.17) is 18.9 Å². The second-order valence-corrected chi connectivity index (χ2v) is 16.3. The van der Waals surface area contributed by atoms with Crippen molar-refractivity contribution in [3.05, 3.63) is 154 Å². The van der Waals surface area contributed by atoms with Crippen molar-refractivity contribution in [2.24, 2.45) is 0 Å². The lowest BCUT2D eigenvalue weighted by Gasteiger charge is -2.39. The number of rotatable bonds is 14. The number of aliphatic hydroxyl groups excluding tert-OH is 1. The van der Waals surface area contributed by atoms with Crippen molar-refractivity contribution in [3.8, 4) is 11.5 Å². The standard InChI is InChI=1S/C45H49N3O8S/c1-30-9-19-39(20-10-30)57(51,52)47-40(23-31-7-5-4-6-8-31)44(50)46-37-17-15-34(16-18-37)45-55-38(26-41(56-45)33-13-11-32(29-49)12-14-33)28-48-22-21-35-24-42(53-2)43(54-3)25-36(35)27-48/h4-20,24-25,38,40-41,45,47,49H,21-23,26-29H2,1-3H3,(H,46,50)/t38-,40-,41+,45+/m1/s1. The summed E-state index contributed by atoms with van der Waals surface area (Å²) in [7, 11) is -0.695. The van der Waals surface area contributed by atoms with Crippen LogP contribution in [0.2, 0.25) is 0 Å². The third-order valence-electron chi connectivity index (χ3n) is 10.6. The predicted octanol–water partition coefficient (Wildman–Crippen LogP) is 6.64. The van der Waals surface area contributed by atoms with E-state index in [0.29, 0.717) is 24.4 Å². The Morgan fingerprint density at radius 2 is 1.51 bits per heavy atom. The highest BCUT2D eigenvalue weighted by Crippen LogP contribution is 2.39. The SMILES string of the molecule is COc1cc2c(cc1OC)CN(C[C@H]1C[C@@H](c3ccc(CO)cc3)O[C@@H](c3ccc(NC(=O)[C@@H](Cc4ccccc4)NS(=O)(=O)c4ccc(C)cc4)cc3)O1)CC2. The number of methoxy groups -OCH3 is 2. The number of aryl methyl sites for hydroxylation is 1. The number of carbonyl (C=O) groups excluding carboxylic acids is 1. The number of hydrogen-bond donors (Lipinski definition) is 3. The molecule has 1 saturated heterocycles. The van der Waals surface area contributed by atoms with Gasteiger partial charge in [-0.2, -0.15) is 4.72 Å². The number of fused-ring (bicyclic) bond motifs is 1. The first-order valence-electron chi connectivity index (χ1n) is 19.1. The van der Waals surface area contributed by atoms with E-state index >= 15 is 0 Å². The van der Waals surface area contributed by atoms with Gasteiger partial charge in [0.25, 0.3) is 0 Å². The largest absolute Gasteiger partial charge is 0.493 e. The molecule has 0 saturated carbocycles. The first-order valence-corrected chi connectivity index (χ1v) is 20.6. The number of sulfonamides is 1. The van der Waals surface area contributed by atoms with Gasteiger partial charge >= 0.3 is 0 Å². The summed E-state index contributed by atoms with van der Waals surface area (Å²) >= 11 is 0. The summed E-state index contributed by atoms with van der Waals surface area (Å²) in [6, 6.07) is 33.9. The molecule has 4 atom stereocenters. The van der Waals surface area contributed by atoms with Gasteiger partial charge in [-0.1, -0.05) is 84.4 Å². The van der Waals surface area contributed by atoms with Crippen LogP contribution in [-0.4, -0.2) is 63.8 Å². The maximum atomic E-state index is 13.8. The number of hydrogen-bond acceptors (Lipinski definition) is 9. The fourth-order valence-corrected chi connectivity index (χ4v) is 8.58. The molecule has 0 bridgehead atoms. The summed E-state index contributed by atoms with van der Waals surface area (Å²) in [4.78, 5) is 16.2. The van der Waals surface area contributed by atoms with Crippen LogP contribution in [0.25, 0.3) is 0 Å². The van der Waals surface area contributed by atoms with Gasteiger partial charge < -0.3 is 29.4 Å². The van der Waals surface area contributed by atoms with Crippen molar-refractivity contribution in [1.82, 2.24) is 9.62 Å². The second-order valence-electron chi connectivity index (χ2n) is 14.6. The van der Waals surface area contributed by atoms with E-state index < -0.39 is 28.3 Å².